The van der Waals surface area contributed by atoms with Crippen LogP contribution in [-0.4, -0.2) is 23.1 Å². The van der Waals surface area contributed by atoms with E-state index in [0.717, 1.165) is 8.66 Å². The number of ether oxygens (including phenoxy) is 1. The van der Waals surface area contributed by atoms with E-state index < -0.39 is 0 Å². The molecule has 4 nitrogen and oxygen atoms in total. The van der Waals surface area contributed by atoms with Crippen molar-refractivity contribution in [1.29, 1.82) is 0 Å². The van der Waals surface area contributed by atoms with Crippen LogP contribution in [0.2, 0.25) is 0 Å². The minimum absolute atomic E-state index is 0.0441. The number of hydrogen-bond acceptors (Lipinski definition) is 5. The van der Waals surface area contributed by atoms with Gasteiger partial charge < -0.3 is 15.1 Å². The third kappa shape index (κ3) is 2.34. The van der Waals surface area contributed by atoms with Crippen LogP contribution in [0.1, 0.15) is 10.4 Å². The van der Waals surface area contributed by atoms with Crippen molar-refractivity contribution < 1.29 is 15.1 Å². The van der Waals surface area contributed by atoms with E-state index in [0.29, 0.717) is 17.0 Å². The second-order valence-corrected chi connectivity index (χ2v) is 5.87. The number of nitrogens with zero attached hydrogens (tertiary/aromatic N) is 1. The molecule has 94 valence electrons. The number of benzene rings is 1. The van der Waals surface area contributed by atoms with E-state index in [1.54, 1.807) is 18.2 Å². The molecule has 0 bridgehead atoms. The lowest BCUT2D eigenvalue weighted by molar-refractivity contribution is 0.319. The molecule has 1 heterocycles. The molecule has 0 atom stereocenters. The lowest BCUT2D eigenvalue weighted by Gasteiger charge is -2.08. The maximum Gasteiger partial charge on any atom is 0.167 e. The second-order valence-electron chi connectivity index (χ2n) is 3.41. The molecule has 0 fully saturated rings. The zero-order valence-electron chi connectivity index (χ0n) is 9.42. The summed E-state index contributed by atoms with van der Waals surface area (Å²) in [6, 6.07) is 8.69. The largest absolute Gasteiger partial charge is 0.504 e. The third-order valence-corrected chi connectivity index (χ3v) is 4.01. The van der Waals surface area contributed by atoms with Crippen molar-refractivity contribution in [1.82, 2.24) is 0 Å². The molecular formula is C12H10BrNO3S. The highest BCUT2D eigenvalue weighted by Gasteiger charge is 2.16. The molecule has 0 spiro atoms. The van der Waals surface area contributed by atoms with Crippen molar-refractivity contribution in [3.8, 4) is 11.5 Å². The predicted molar refractivity (Wildman–Crippen MR) is 74.1 cm³/mol. The Morgan fingerprint density at radius 3 is 2.67 bits per heavy atom. The molecular weight excluding hydrogens is 318 g/mol. The second kappa shape index (κ2) is 5.41. The number of para-hydroxylation sites is 1. The Hall–Kier alpha value is -1.53. The summed E-state index contributed by atoms with van der Waals surface area (Å²) in [5.74, 6) is 0.293. The Balaban J connectivity index is 2.53. The summed E-state index contributed by atoms with van der Waals surface area (Å²) in [5, 5.41) is 22.5. The van der Waals surface area contributed by atoms with Gasteiger partial charge >= 0.3 is 0 Å². The van der Waals surface area contributed by atoms with Crippen molar-refractivity contribution in [2.75, 3.05) is 7.11 Å². The van der Waals surface area contributed by atoms with Crippen molar-refractivity contribution in [3.05, 3.63) is 44.6 Å². The average molecular weight is 328 g/mol. The topological polar surface area (TPSA) is 62.0 Å². The van der Waals surface area contributed by atoms with Gasteiger partial charge in [0.2, 0.25) is 0 Å². The molecule has 0 amide bonds. The van der Waals surface area contributed by atoms with Gasteiger partial charge in [0.25, 0.3) is 0 Å². The molecule has 0 radical (unpaired) electrons. The molecule has 2 N–H and O–H groups in total. The standard InChI is InChI=1S/C12H10BrNO3S/c1-17-8-4-2-3-7(12(8)15)11(14-16)9-5-6-10(13)18-9/h2-6,15-16H,1H3/b14-11+. The maximum atomic E-state index is 10.0. The average Bonchev–Trinajstić information content (AvgIpc) is 2.79. The molecule has 0 saturated carbocycles. The highest BCUT2D eigenvalue weighted by Crippen LogP contribution is 2.33. The predicted octanol–water partition coefficient (Wildman–Crippen LogP) is 3.45. The van der Waals surface area contributed by atoms with E-state index in [1.165, 1.54) is 18.4 Å². The van der Waals surface area contributed by atoms with E-state index in [9.17, 15) is 5.11 Å². The number of oxime groups is 1. The zero-order chi connectivity index (χ0) is 13.1. The van der Waals surface area contributed by atoms with Gasteiger partial charge in [-0.05, 0) is 40.2 Å². The van der Waals surface area contributed by atoms with Gasteiger partial charge in [-0.2, -0.15) is 0 Å². The van der Waals surface area contributed by atoms with Crippen molar-refractivity contribution in [2.24, 2.45) is 5.16 Å². The van der Waals surface area contributed by atoms with Gasteiger partial charge in [0.05, 0.1) is 21.3 Å². The van der Waals surface area contributed by atoms with Crippen LogP contribution >= 0.6 is 27.3 Å². The molecule has 0 saturated heterocycles. The fourth-order valence-corrected chi connectivity index (χ4v) is 2.94. The van der Waals surface area contributed by atoms with Crippen LogP contribution in [0.5, 0.6) is 11.5 Å². The van der Waals surface area contributed by atoms with Gasteiger partial charge in [-0.15, -0.1) is 11.3 Å². The highest BCUT2D eigenvalue weighted by molar-refractivity contribution is 9.11. The summed E-state index contributed by atoms with van der Waals surface area (Å²) in [6.07, 6.45) is 0. The number of phenols is 1. The first-order valence-corrected chi connectivity index (χ1v) is 6.62. The van der Waals surface area contributed by atoms with Gasteiger partial charge in [-0.3, -0.25) is 0 Å². The minimum Gasteiger partial charge on any atom is -0.504 e. The first-order valence-electron chi connectivity index (χ1n) is 5.01. The molecule has 1 aromatic heterocycles. The number of thiophene rings is 1. The van der Waals surface area contributed by atoms with E-state index in [4.69, 9.17) is 9.94 Å². The van der Waals surface area contributed by atoms with Crippen LogP contribution in [0.15, 0.2) is 39.3 Å². The zero-order valence-corrected chi connectivity index (χ0v) is 11.8. The normalized spacial score (nSPS) is 11.6. The molecule has 0 aliphatic heterocycles. The Morgan fingerprint density at radius 1 is 1.33 bits per heavy atom. The summed E-state index contributed by atoms with van der Waals surface area (Å²) in [5.41, 5.74) is 0.730. The number of methoxy groups -OCH3 is 1. The SMILES string of the molecule is COc1cccc(/C(=N\O)c2ccc(Br)s2)c1O. The summed E-state index contributed by atoms with van der Waals surface area (Å²) in [4.78, 5) is 0.743. The highest BCUT2D eigenvalue weighted by atomic mass is 79.9. The Labute approximate surface area is 116 Å². The lowest BCUT2D eigenvalue weighted by Crippen LogP contribution is -2.02. The molecule has 1 aromatic carbocycles. The molecule has 2 rings (SSSR count). The fraction of sp³-hybridized carbons (Fsp3) is 0.0833. The molecule has 2 aromatic rings. The third-order valence-electron chi connectivity index (χ3n) is 2.38. The van der Waals surface area contributed by atoms with E-state index in [1.807, 2.05) is 12.1 Å². The Bertz CT molecular complexity index is 595. The van der Waals surface area contributed by atoms with Gasteiger partial charge in [0, 0.05) is 0 Å². The summed E-state index contributed by atoms with van der Waals surface area (Å²) in [7, 11) is 1.47. The number of rotatable bonds is 3. The number of phenolic OH excluding ortho intramolecular Hbond substituents is 1. The Kier molecular flexibility index (Phi) is 3.88. The van der Waals surface area contributed by atoms with E-state index in [2.05, 4.69) is 21.1 Å². The van der Waals surface area contributed by atoms with Crippen LogP contribution in [0, 0.1) is 0 Å². The van der Waals surface area contributed by atoms with Crippen LogP contribution in [-0.2, 0) is 0 Å². The number of halogens is 1. The van der Waals surface area contributed by atoms with Gasteiger partial charge in [0.15, 0.2) is 11.5 Å². The van der Waals surface area contributed by atoms with Gasteiger partial charge in [-0.25, -0.2) is 0 Å². The van der Waals surface area contributed by atoms with Gasteiger partial charge in [-0.1, -0.05) is 11.2 Å². The molecule has 0 aliphatic rings. The number of hydrogen-bond donors (Lipinski definition) is 2. The van der Waals surface area contributed by atoms with Crippen LogP contribution < -0.4 is 4.74 Å². The van der Waals surface area contributed by atoms with Gasteiger partial charge in [0.1, 0.15) is 5.71 Å². The fourth-order valence-electron chi connectivity index (χ4n) is 1.56. The van der Waals surface area contributed by atoms with Crippen molar-refractivity contribution in [2.45, 2.75) is 0 Å². The van der Waals surface area contributed by atoms with E-state index in [-0.39, 0.29) is 5.75 Å². The van der Waals surface area contributed by atoms with E-state index >= 15 is 0 Å². The molecule has 6 heteroatoms. The molecule has 18 heavy (non-hydrogen) atoms. The smallest absolute Gasteiger partial charge is 0.167 e. The molecule has 0 aliphatic carbocycles. The minimum atomic E-state index is -0.0441. The Morgan fingerprint density at radius 2 is 2.11 bits per heavy atom. The summed E-state index contributed by atoms with van der Waals surface area (Å²) < 4.78 is 5.95. The van der Waals surface area contributed by atoms with Crippen LogP contribution in [0.25, 0.3) is 0 Å². The molecule has 0 unspecified atom stereocenters. The maximum absolute atomic E-state index is 10.0. The number of aromatic hydroxyl groups is 1. The summed E-state index contributed by atoms with van der Waals surface area (Å²) >= 11 is 4.75. The lowest BCUT2D eigenvalue weighted by atomic mass is 10.1. The first-order chi connectivity index (χ1) is 8.67. The van der Waals surface area contributed by atoms with Crippen molar-refractivity contribution in [3.63, 3.8) is 0 Å². The van der Waals surface area contributed by atoms with Crippen molar-refractivity contribution >= 4 is 33.0 Å². The van der Waals surface area contributed by atoms with Crippen LogP contribution in [0.4, 0.5) is 0 Å². The van der Waals surface area contributed by atoms with Crippen LogP contribution in [0.3, 0.4) is 0 Å². The first kappa shape index (κ1) is 12.9. The summed E-state index contributed by atoms with van der Waals surface area (Å²) in [6.45, 7) is 0. The monoisotopic (exact) mass is 327 g/mol. The quantitative estimate of drug-likeness (QED) is 0.515.